The van der Waals surface area contributed by atoms with Crippen molar-refractivity contribution < 1.29 is 4.52 Å². The van der Waals surface area contributed by atoms with E-state index in [9.17, 15) is 0 Å². The molecule has 0 atom stereocenters. The van der Waals surface area contributed by atoms with Gasteiger partial charge in [0.2, 0.25) is 5.95 Å². The van der Waals surface area contributed by atoms with Gasteiger partial charge in [0.05, 0.1) is 6.20 Å². The molecule has 2 N–H and O–H groups in total. The molecule has 0 aliphatic heterocycles. The summed E-state index contributed by atoms with van der Waals surface area (Å²) in [5, 5.41) is 14.1. The fraction of sp³-hybridized carbons (Fsp3) is 0.200. The molecule has 0 saturated heterocycles. The number of nitrogens with zero attached hydrogens (tertiary/aromatic N) is 5. The van der Waals surface area contributed by atoms with Gasteiger partial charge in [-0.3, -0.25) is 0 Å². The minimum atomic E-state index is 0.256. The maximum atomic E-state index is 5.42. The van der Waals surface area contributed by atoms with Crippen LogP contribution in [0.5, 0.6) is 0 Å². The number of hydrogen-bond acceptors (Lipinski definition) is 6. The third-order valence-electron chi connectivity index (χ3n) is 1.36. The van der Waals surface area contributed by atoms with Crippen molar-refractivity contribution in [2.45, 2.75) is 6.54 Å². The molecule has 62 valence electrons. The van der Waals surface area contributed by atoms with E-state index < -0.39 is 0 Å². The van der Waals surface area contributed by atoms with Crippen molar-refractivity contribution in [1.82, 2.24) is 25.4 Å². The van der Waals surface area contributed by atoms with Gasteiger partial charge < -0.3 is 10.3 Å². The third kappa shape index (κ3) is 1.11. The molecule has 7 nitrogen and oxygen atoms in total. The average Bonchev–Trinajstić information content (AvgIpc) is 2.65. The van der Waals surface area contributed by atoms with Crippen LogP contribution < -0.4 is 5.73 Å². The number of rotatable bonds is 2. The molecule has 2 heterocycles. The summed E-state index contributed by atoms with van der Waals surface area (Å²) in [6.07, 6.45) is 1.55. The Morgan fingerprint density at radius 1 is 1.58 bits per heavy atom. The number of nitrogens with two attached hydrogens (primary N) is 1. The Bertz CT molecular complexity index is 352. The van der Waals surface area contributed by atoms with Crippen molar-refractivity contribution in [2.75, 3.05) is 5.73 Å². The van der Waals surface area contributed by atoms with Crippen molar-refractivity contribution >= 4 is 5.95 Å². The number of tetrazole rings is 1. The van der Waals surface area contributed by atoms with Crippen molar-refractivity contribution in [1.29, 1.82) is 0 Å². The summed E-state index contributed by atoms with van der Waals surface area (Å²) in [6.45, 7) is 0.402. The van der Waals surface area contributed by atoms with E-state index in [2.05, 4.69) is 20.7 Å². The van der Waals surface area contributed by atoms with Crippen LogP contribution in [-0.4, -0.2) is 25.4 Å². The zero-order valence-corrected chi connectivity index (χ0v) is 6.08. The lowest BCUT2D eigenvalue weighted by Crippen LogP contribution is -2.05. The summed E-state index contributed by atoms with van der Waals surface area (Å²) in [6, 6.07) is 1.72. The van der Waals surface area contributed by atoms with Crippen molar-refractivity contribution in [3.63, 3.8) is 0 Å². The van der Waals surface area contributed by atoms with Gasteiger partial charge in [0.15, 0.2) is 5.76 Å². The molecule has 2 aromatic rings. The van der Waals surface area contributed by atoms with Gasteiger partial charge in [-0.1, -0.05) is 10.3 Å². The van der Waals surface area contributed by atoms with Crippen LogP contribution in [0.25, 0.3) is 0 Å². The minimum Gasteiger partial charge on any atom is -0.367 e. The first-order valence-corrected chi connectivity index (χ1v) is 3.27. The Hall–Kier alpha value is -1.92. The van der Waals surface area contributed by atoms with E-state index in [0.29, 0.717) is 12.3 Å². The van der Waals surface area contributed by atoms with Crippen LogP contribution in [0.2, 0.25) is 0 Å². The number of anilines is 1. The lowest BCUT2D eigenvalue weighted by atomic mass is 10.5. The Morgan fingerprint density at radius 3 is 3.08 bits per heavy atom. The van der Waals surface area contributed by atoms with Gasteiger partial charge in [0.25, 0.3) is 0 Å². The smallest absolute Gasteiger partial charge is 0.240 e. The predicted molar refractivity (Wildman–Crippen MR) is 37.8 cm³/mol. The molecule has 2 rings (SSSR count). The molecular weight excluding hydrogens is 160 g/mol. The molecule has 0 radical (unpaired) electrons. The van der Waals surface area contributed by atoms with Gasteiger partial charge in [0.1, 0.15) is 6.54 Å². The number of nitrogen functional groups attached to an aromatic ring is 1. The Kier molecular flexibility index (Phi) is 1.47. The van der Waals surface area contributed by atoms with E-state index in [-0.39, 0.29) is 5.95 Å². The Labute approximate surface area is 67.1 Å². The maximum absolute atomic E-state index is 5.42. The highest BCUT2D eigenvalue weighted by atomic mass is 16.5. The molecule has 0 aliphatic carbocycles. The van der Waals surface area contributed by atoms with E-state index in [4.69, 9.17) is 10.3 Å². The summed E-state index contributed by atoms with van der Waals surface area (Å²) in [5.41, 5.74) is 5.42. The van der Waals surface area contributed by atoms with Crippen LogP contribution in [0.15, 0.2) is 16.8 Å². The van der Waals surface area contributed by atoms with E-state index >= 15 is 0 Å². The molecule has 0 bridgehead atoms. The summed E-state index contributed by atoms with van der Waals surface area (Å²) in [4.78, 5) is 0. The first kappa shape index (κ1) is 6.77. The molecule has 0 aromatic carbocycles. The fourth-order valence-electron chi connectivity index (χ4n) is 0.795. The standard InChI is InChI=1S/C5H6N6O/c6-5-8-9-10-11(5)3-4-1-2-7-12-4/h1-2H,3H2,(H2,6,8,10). The maximum Gasteiger partial charge on any atom is 0.240 e. The molecule has 0 fully saturated rings. The van der Waals surface area contributed by atoms with Gasteiger partial charge in [-0.15, -0.1) is 0 Å². The second-order valence-electron chi connectivity index (χ2n) is 2.17. The van der Waals surface area contributed by atoms with E-state index in [1.807, 2.05) is 0 Å². The second kappa shape index (κ2) is 2.61. The molecule has 0 unspecified atom stereocenters. The predicted octanol–water partition coefficient (Wildman–Crippen LogP) is -0.708. The third-order valence-corrected chi connectivity index (χ3v) is 1.36. The van der Waals surface area contributed by atoms with Crippen molar-refractivity contribution in [3.8, 4) is 0 Å². The molecular formula is C5H6N6O. The lowest BCUT2D eigenvalue weighted by Gasteiger charge is -1.94. The number of aromatic nitrogens is 5. The van der Waals surface area contributed by atoms with Crippen LogP contribution in [0.3, 0.4) is 0 Å². The molecule has 0 aliphatic rings. The van der Waals surface area contributed by atoms with Gasteiger partial charge in [-0.25, -0.2) is 4.68 Å². The second-order valence-corrected chi connectivity index (χ2v) is 2.17. The summed E-state index contributed by atoms with van der Waals surface area (Å²) < 4.78 is 6.26. The topological polar surface area (TPSA) is 95.7 Å². The van der Waals surface area contributed by atoms with Gasteiger partial charge in [-0.2, -0.15) is 0 Å². The highest BCUT2D eigenvalue weighted by Crippen LogP contribution is 2.01. The first-order valence-electron chi connectivity index (χ1n) is 3.27. The molecule has 12 heavy (non-hydrogen) atoms. The van der Waals surface area contributed by atoms with E-state index in [1.54, 1.807) is 12.3 Å². The lowest BCUT2D eigenvalue weighted by molar-refractivity contribution is 0.371. The normalized spacial score (nSPS) is 10.3. The van der Waals surface area contributed by atoms with Gasteiger partial charge >= 0.3 is 0 Å². The summed E-state index contributed by atoms with van der Waals surface area (Å²) >= 11 is 0. The zero-order valence-electron chi connectivity index (χ0n) is 6.08. The van der Waals surface area contributed by atoms with Crippen LogP contribution in [0.4, 0.5) is 5.95 Å². The fourth-order valence-corrected chi connectivity index (χ4v) is 0.795. The SMILES string of the molecule is Nc1nnnn1Cc1ccno1. The molecule has 0 saturated carbocycles. The highest BCUT2D eigenvalue weighted by molar-refractivity contribution is 5.11. The van der Waals surface area contributed by atoms with E-state index in [0.717, 1.165) is 0 Å². The molecule has 2 aromatic heterocycles. The molecule has 7 heteroatoms. The highest BCUT2D eigenvalue weighted by Gasteiger charge is 2.03. The summed E-state index contributed by atoms with van der Waals surface area (Å²) in [7, 11) is 0. The Morgan fingerprint density at radius 2 is 2.50 bits per heavy atom. The van der Waals surface area contributed by atoms with Gasteiger partial charge in [-0.05, 0) is 10.4 Å². The largest absolute Gasteiger partial charge is 0.367 e. The average molecular weight is 166 g/mol. The van der Waals surface area contributed by atoms with Crippen LogP contribution >= 0.6 is 0 Å². The first-order chi connectivity index (χ1) is 5.86. The monoisotopic (exact) mass is 166 g/mol. The summed E-state index contributed by atoms with van der Waals surface area (Å²) in [5.74, 6) is 0.917. The molecule has 0 spiro atoms. The minimum absolute atomic E-state index is 0.256. The van der Waals surface area contributed by atoms with E-state index in [1.165, 1.54) is 4.68 Å². The Balaban J connectivity index is 2.20. The van der Waals surface area contributed by atoms with Crippen LogP contribution in [0, 0.1) is 0 Å². The van der Waals surface area contributed by atoms with Crippen LogP contribution in [-0.2, 0) is 6.54 Å². The zero-order chi connectivity index (χ0) is 8.39. The van der Waals surface area contributed by atoms with Gasteiger partial charge in [0, 0.05) is 6.07 Å². The quantitative estimate of drug-likeness (QED) is 0.633. The molecule has 0 amide bonds. The van der Waals surface area contributed by atoms with Crippen molar-refractivity contribution in [2.24, 2.45) is 0 Å². The van der Waals surface area contributed by atoms with Crippen LogP contribution in [0.1, 0.15) is 5.76 Å². The van der Waals surface area contributed by atoms with Crippen molar-refractivity contribution in [3.05, 3.63) is 18.0 Å². The number of hydrogen-bond donors (Lipinski definition) is 1.